The van der Waals surface area contributed by atoms with Gasteiger partial charge in [0.15, 0.2) is 0 Å². The van der Waals surface area contributed by atoms with Crippen molar-refractivity contribution in [3.05, 3.63) is 17.0 Å². The number of carboxylic acids is 1. The Morgan fingerprint density at radius 2 is 2.17 bits per heavy atom. The minimum absolute atomic E-state index is 0.123. The molecule has 1 heterocycles. The Kier molecular flexibility index (Phi) is 5.64. The van der Waals surface area contributed by atoms with Gasteiger partial charge >= 0.3 is 12.0 Å². The second kappa shape index (κ2) is 7.00. The van der Waals surface area contributed by atoms with Gasteiger partial charge in [-0.15, -0.1) is 11.3 Å². The van der Waals surface area contributed by atoms with Crippen LogP contribution in [-0.2, 0) is 0 Å². The lowest BCUT2D eigenvalue weighted by atomic mass is 10.1. The van der Waals surface area contributed by atoms with Crippen LogP contribution in [0.1, 0.15) is 37.0 Å². The van der Waals surface area contributed by atoms with Gasteiger partial charge in [-0.1, -0.05) is 13.8 Å². The molecule has 0 bridgehead atoms. The maximum Gasteiger partial charge on any atom is 0.338 e. The molecule has 2 amide bonds. The number of amides is 2. The number of urea groups is 1. The monoisotopic (exact) mass is 270 g/mol. The molecule has 0 aliphatic carbocycles. The van der Waals surface area contributed by atoms with E-state index in [1.807, 2.05) is 0 Å². The number of carbonyl (C=O) groups excluding carboxylic acids is 1. The highest BCUT2D eigenvalue weighted by Crippen LogP contribution is 2.22. The van der Waals surface area contributed by atoms with E-state index in [0.29, 0.717) is 17.5 Å². The van der Waals surface area contributed by atoms with Crippen molar-refractivity contribution in [1.29, 1.82) is 0 Å². The van der Waals surface area contributed by atoms with Crippen LogP contribution in [0.5, 0.6) is 0 Å². The minimum Gasteiger partial charge on any atom is -0.478 e. The number of rotatable bonds is 6. The Morgan fingerprint density at radius 3 is 2.78 bits per heavy atom. The minimum atomic E-state index is -1.04. The Hall–Kier alpha value is -1.56. The van der Waals surface area contributed by atoms with Crippen LogP contribution in [0.25, 0.3) is 0 Å². The third kappa shape index (κ3) is 4.75. The van der Waals surface area contributed by atoms with Crippen LogP contribution in [0.4, 0.5) is 9.80 Å². The lowest BCUT2D eigenvalue weighted by Crippen LogP contribution is -2.29. The van der Waals surface area contributed by atoms with E-state index in [0.717, 1.165) is 12.8 Å². The van der Waals surface area contributed by atoms with E-state index >= 15 is 0 Å². The summed E-state index contributed by atoms with van der Waals surface area (Å²) in [5, 5.41) is 16.1. The summed E-state index contributed by atoms with van der Waals surface area (Å²) in [5.41, 5.74) is 0.123. The highest BCUT2D eigenvalue weighted by atomic mass is 32.1. The van der Waals surface area contributed by atoms with E-state index in [2.05, 4.69) is 24.5 Å². The summed E-state index contributed by atoms with van der Waals surface area (Å²) in [4.78, 5) is 22.4. The maximum absolute atomic E-state index is 11.5. The number of carboxylic acid groups (broad SMARTS) is 1. The van der Waals surface area contributed by atoms with Gasteiger partial charge in [0, 0.05) is 6.54 Å². The van der Waals surface area contributed by atoms with Crippen molar-refractivity contribution in [2.45, 2.75) is 26.7 Å². The van der Waals surface area contributed by atoms with Crippen LogP contribution in [0.2, 0.25) is 0 Å². The highest BCUT2D eigenvalue weighted by molar-refractivity contribution is 7.14. The molecule has 0 unspecified atom stereocenters. The first-order valence-electron chi connectivity index (χ1n) is 5.86. The van der Waals surface area contributed by atoms with Crippen molar-refractivity contribution in [2.24, 2.45) is 5.92 Å². The van der Waals surface area contributed by atoms with E-state index in [1.165, 1.54) is 17.4 Å². The molecule has 1 aromatic rings. The molecule has 1 rings (SSSR count). The second-order valence-electron chi connectivity index (χ2n) is 4.39. The average Bonchev–Trinajstić information content (AvgIpc) is 2.72. The van der Waals surface area contributed by atoms with E-state index in [9.17, 15) is 9.59 Å². The predicted octanol–water partition coefficient (Wildman–Crippen LogP) is 3.00. The van der Waals surface area contributed by atoms with E-state index in [1.54, 1.807) is 5.38 Å². The van der Waals surface area contributed by atoms with Gasteiger partial charge in [-0.25, -0.2) is 9.59 Å². The predicted molar refractivity (Wildman–Crippen MR) is 72.4 cm³/mol. The molecule has 0 spiro atoms. The number of hydrogen-bond donors (Lipinski definition) is 3. The summed E-state index contributed by atoms with van der Waals surface area (Å²) < 4.78 is 0. The van der Waals surface area contributed by atoms with E-state index in [4.69, 9.17) is 5.11 Å². The third-order valence-electron chi connectivity index (χ3n) is 2.37. The zero-order chi connectivity index (χ0) is 13.5. The standard InChI is InChI=1S/C12H18N2O3S/c1-8(2)4-3-6-13-12(17)14-10-9(11(15)16)5-7-18-10/h5,7-8H,3-4,6H2,1-2H3,(H,15,16)(H2,13,14,17). The van der Waals surface area contributed by atoms with Gasteiger partial charge in [-0.05, 0) is 30.2 Å². The molecule has 0 aliphatic rings. The van der Waals surface area contributed by atoms with Gasteiger partial charge in [0.25, 0.3) is 0 Å². The fourth-order valence-corrected chi connectivity index (χ4v) is 2.21. The number of thiophene rings is 1. The number of aromatic carboxylic acids is 1. The fourth-order valence-electron chi connectivity index (χ4n) is 1.43. The van der Waals surface area contributed by atoms with Crippen molar-refractivity contribution in [3.63, 3.8) is 0 Å². The largest absolute Gasteiger partial charge is 0.478 e. The normalized spacial score (nSPS) is 10.4. The third-order valence-corrected chi connectivity index (χ3v) is 3.20. The first-order valence-corrected chi connectivity index (χ1v) is 6.74. The molecule has 0 aliphatic heterocycles. The van der Waals surface area contributed by atoms with Gasteiger partial charge in [0.05, 0.1) is 5.56 Å². The summed E-state index contributed by atoms with van der Waals surface area (Å²) in [7, 11) is 0. The maximum atomic E-state index is 11.5. The molecule has 6 heteroatoms. The smallest absolute Gasteiger partial charge is 0.338 e. The highest BCUT2D eigenvalue weighted by Gasteiger charge is 2.13. The summed E-state index contributed by atoms with van der Waals surface area (Å²) in [5.74, 6) is -0.419. The van der Waals surface area contributed by atoms with Gasteiger partial charge < -0.3 is 10.4 Å². The Morgan fingerprint density at radius 1 is 1.44 bits per heavy atom. The first-order chi connectivity index (χ1) is 8.50. The number of hydrogen-bond acceptors (Lipinski definition) is 3. The number of anilines is 1. The average molecular weight is 270 g/mol. The molecule has 0 aromatic carbocycles. The molecular weight excluding hydrogens is 252 g/mol. The quantitative estimate of drug-likeness (QED) is 0.695. The molecule has 0 atom stereocenters. The van der Waals surface area contributed by atoms with Crippen LogP contribution in [-0.4, -0.2) is 23.7 Å². The van der Waals surface area contributed by atoms with E-state index < -0.39 is 5.97 Å². The van der Waals surface area contributed by atoms with Crippen LogP contribution in [0, 0.1) is 5.92 Å². The Bertz CT molecular complexity index is 415. The lowest BCUT2D eigenvalue weighted by molar-refractivity contribution is 0.0698. The second-order valence-corrected chi connectivity index (χ2v) is 5.30. The SMILES string of the molecule is CC(C)CCCNC(=O)Nc1sccc1C(=O)O. The van der Waals surface area contributed by atoms with Crippen molar-refractivity contribution in [3.8, 4) is 0 Å². The summed E-state index contributed by atoms with van der Waals surface area (Å²) in [6.07, 6.45) is 1.97. The Labute approximate surface area is 110 Å². The zero-order valence-electron chi connectivity index (χ0n) is 10.5. The molecule has 0 fully saturated rings. The van der Waals surface area contributed by atoms with Crippen molar-refractivity contribution in [2.75, 3.05) is 11.9 Å². The summed E-state index contributed by atoms with van der Waals surface area (Å²) in [6, 6.07) is 1.12. The van der Waals surface area contributed by atoms with Crippen molar-refractivity contribution >= 4 is 28.3 Å². The fraction of sp³-hybridized carbons (Fsp3) is 0.500. The van der Waals surface area contributed by atoms with Gasteiger partial charge in [-0.2, -0.15) is 0 Å². The summed E-state index contributed by atoms with van der Waals surface area (Å²) >= 11 is 1.20. The van der Waals surface area contributed by atoms with Crippen molar-refractivity contribution in [1.82, 2.24) is 5.32 Å². The molecular formula is C12H18N2O3S. The molecule has 0 saturated carbocycles. The van der Waals surface area contributed by atoms with E-state index in [-0.39, 0.29) is 11.6 Å². The Balaban J connectivity index is 2.36. The number of nitrogens with one attached hydrogen (secondary N) is 2. The molecule has 5 nitrogen and oxygen atoms in total. The van der Waals surface area contributed by atoms with Crippen LogP contribution in [0.15, 0.2) is 11.4 Å². The molecule has 1 aromatic heterocycles. The van der Waals surface area contributed by atoms with Gasteiger partial charge in [0.1, 0.15) is 5.00 Å². The first kappa shape index (κ1) is 14.5. The van der Waals surface area contributed by atoms with Crippen molar-refractivity contribution < 1.29 is 14.7 Å². The van der Waals surface area contributed by atoms with Crippen LogP contribution < -0.4 is 10.6 Å². The molecule has 0 radical (unpaired) electrons. The molecule has 18 heavy (non-hydrogen) atoms. The number of carbonyl (C=O) groups is 2. The lowest BCUT2D eigenvalue weighted by Gasteiger charge is -2.08. The molecule has 3 N–H and O–H groups in total. The topological polar surface area (TPSA) is 78.4 Å². The van der Waals surface area contributed by atoms with Gasteiger partial charge in [-0.3, -0.25) is 5.32 Å². The molecule has 0 saturated heterocycles. The summed E-state index contributed by atoms with van der Waals surface area (Å²) in [6.45, 7) is 4.85. The van der Waals surface area contributed by atoms with Gasteiger partial charge in [0.2, 0.25) is 0 Å². The molecule has 100 valence electrons. The van der Waals surface area contributed by atoms with Crippen LogP contribution >= 0.6 is 11.3 Å². The zero-order valence-corrected chi connectivity index (χ0v) is 11.3. The van der Waals surface area contributed by atoms with Crippen LogP contribution in [0.3, 0.4) is 0 Å².